The molecule has 9 nitrogen and oxygen atoms in total. The smallest absolute Gasteiger partial charge is 0.203 e. The first-order chi connectivity index (χ1) is 21.7. The van der Waals surface area contributed by atoms with Gasteiger partial charge in [0.05, 0.1) is 46.9 Å². The van der Waals surface area contributed by atoms with Gasteiger partial charge in [0.25, 0.3) is 0 Å². The van der Waals surface area contributed by atoms with Gasteiger partial charge in [-0.25, -0.2) is 0 Å². The Labute approximate surface area is 267 Å². The van der Waals surface area contributed by atoms with Crippen LogP contribution in [-0.2, 0) is 11.3 Å². The molecule has 1 saturated carbocycles. The lowest BCUT2D eigenvalue weighted by Gasteiger charge is -2.42. The van der Waals surface area contributed by atoms with Crippen LogP contribution in [-0.4, -0.2) is 70.2 Å². The molecule has 0 unspecified atom stereocenters. The van der Waals surface area contributed by atoms with E-state index >= 15 is 0 Å². The topological polar surface area (TPSA) is 74.8 Å². The predicted octanol–water partition coefficient (Wildman–Crippen LogP) is 7.08. The zero-order chi connectivity index (χ0) is 32.1. The summed E-state index contributed by atoms with van der Waals surface area (Å²) in [6.45, 7) is 8.90. The summed E-state index contributed by atoms with van der Waals surface area (Å²) in [5, 5.41) is 0. The maximum Gasteiger partial charge on any atom is 0.203 e. The molecule has 1 aliphatic heterocycles. The van der Waals surface area contributed by atoms with Crippen molar-refractivity contribution in [3.8, 4) is 40.0 Å². The Hall–Kier alpha value is -4.27. The van der Waals surface area contributed by atoms with Crippen LogP contribution in [0.25, 0.3) is 11.3 Å². The number of anilines is 1. The Morgan fingerprint density at radius 3 is 2.02 bits per heavy atom. The number of ether oxygens (including phenoxy) is 6. The van der Waals surface area contributed by atoms with Crippen LogP contribution < -0.4 is 28.6 Å². The lowest BCUT2D eigenvalue weighted by atomic mass is 10.00. The molecule has 242 valence electrons. The molecule has 0 spiro atoms. The van der Waals surface area contributed by atoms with Crippen LogP contribution in [0.2, 0.25) is 0 Å². The normalized spacial score (nSPS) is 14.9. The molecule has 1 saturated heterocycles. The van der Waals surface area contributed by atoms with Crippen LogP contribution in [0.5, 0.6) is 28.7 Å². The molecular formula is C36H47N3O6. The van der Waals surface area contributed by atoms with Gasteiger partial charge < -0.3 is 38.2 Å². The minimum atomic E-state index is -0.223. The van der Waals surface area contributed by atoms with E-state index in [0.29, 0.717) is 29.5 Å². The largest absolute Gasteiger partial charge is 0.493 e. The van der Waals surface area contributed by atoms with E-state index in [-0.39, 0.29) is 11.6 Å². The summed E-state index contributed by atoms with van der Waals surface area (Å²) < 4.78 is 34.9. The number of benzene rings is 2. The molecule has 0 N–H and O–H groups in total. The highest BCUT2D eigenvalue weighted by molar-refractivity contribution is 5.70. The van der Waals surface area contributed by atoms with Crippen LogP contribution in [0.15, 0.2) is 60.1 Å². The van der Waals surface area contributed by atoms with Crippen molar-refractivity contribution in [1.82, 2.24) is 9.88 Å². The number of hydrogen-bond acceptors (Lipinski definition) is 9. The van der Waals surface area contributed by atoms with Crippen molar-refractivity contribution in [3.63, 3.8) is 0 Å². The molecule has 2 aromatic carbocycles. The summed E-state index contributed by atoms with van der Waals surface area (Å²) in [5.41, 5.74) is 5.04. The first-order valence-electron chi connectivity index (χ1n) is 15.6. The van der Waals surface area contributed by atoms with Crippen molar-refractivity contribution < 1.29 is 28.4 Å². The molecule has 45 heavy (non-hydrogen) atoms. The number of rotatable bonds is 12. The van der Waals surface area contributed by atoms with Gasteiger partial charge in [-0.1, -0.05) is 6.07 Å². The Morgan fingerprint density at radius 2 is 1.47 bits per heavy atom. The maximum absolute atomic E-state index is 6.47. The quantitative estimate of drug-likeness (QED) is 0.198. The zero-order valence-electron chi connectivity index (χ0n) is 27.9. The molecule has 2 aliphatic rings. The van der Waals surface area contributed by atoms with Crippen molar-refractivity contribution >= 4 is 5.69 Å². The Bertz CT molecular complexity index is 1480. The summed E-state index contributed by atoms with van der Waals surface area (Å²) in [5.74, 6) is 4.27. The van der Waals surface area contributed by atoms with E-state index in [4.69, 9.17) is 33.4 Å². The van der Waals surface area contributed by atoms with Crippen molar-refractivity contribution in [1.29, 1.82) is 0 Å². The van der Waals surface area contributed by atoms with Crippen molar-refractivity contribution in [2.75, 3.05) is 53.5 Å². The Morgan fingerprint density at radius 1 is 0.822 bits per heavy atom. The van der Waals surface area contributed by atoms with Crippen molar-refractivity contribution in [2.24, 2.45) is 0 Å². The average molecular weight is 618 g/mol. The van der Waals surface area contributed by atoms with E-state index < -0.39 is 0 Å². The number of pyridine rings is 1. The summed E-state index contributed by atoms with van der Waals surface area (Å²) in [6, 6.07) is 14.4. The molecule has 9 heteroatoms. The molecule has 2 fully saturated rings. The van der Waals surface area contributed by atoms with Crippen LogP contribution in [0.4, 0.5) is 5.69 Å². The second-order valence-corrected chi connectivity index (χ2v) is 12.4. The number of methoxy groups -OCH3 is 5. The second kappa shape index (κ2) is 13.8. The van der Waals surface area contributed by atoms with E-state index in [1.54, 1.807) is 35.5 Å². The number of allylic oxidation sites excluding steroid dienone is 1. The first kappa shape index (κ1) is 32.1. The third-order valence-corrected chi connectivity index (χ3v) is 8.23. The molecule has 5 rings (SSSR count). The molecule has 1 aliphatic carbocycles. The minimum Gasteiger partial charge on any atom is -0.493 e. The molecule has 0 amide bonds. The molecule has 0 bridgehead atoms. The average Bonchev–Trinajstić information content (AvgIpc) is 3.90. The van der Waals surface area contributed by atoms with Gasteiger partial charge in [-0.2, -0.15) is 0 Å². The van der Waals surface area contributed by atoms with Gasteiger partial charge in [0, 0.05) is 37.4 Å². The highest BCUT2D eigenvalue weighted by Gasteiger charge is 2.33. The van der Waals surface area contributed by atoms with Gasteiger partial charge in [-0.3, -0.25) is 4.98 Å². The molecular weight excluding hydrogens is 570 g/mol. The van der Waals surface area contributed by atoms with Gasteiger partial charge in [-0.15, -0.1) is 0 Å². The fraction of sp³-hybridized carbons (Fsp3) is 0.472. The lowest BCUT2D eigenvalue weighted by Crippen LogP contribution is -2.45. The number of aromatic nitrogens is 1. The fourth-order valence-electron chi connectivity index (χ4n) is 5.97. The summed E-state index contributed by atoms with van der Waals surface area (Å²) in [7, 11) is 8.23. The fourth-order valence-corrected chi connectivity index (χ4v) is 5.97. The van der Waals surface area contributed by atoms with Crippen molar-refractivity contribution in [3.05, 3.63) is 65.7 Å². The van der Waals surface area contributed by atoms with Gasteiger partial charge in [0.1, 0.15) is 5.60 Å². The molecule has 0 radical (unpaired) electrons. The number of para-hydroxylation sites is 1. The maximum atomic E-state index is 6.47. The number of piperidine rings is 1. The van der Waals surface area contributed by atoms with Gasteiger partial charge >= 0.3 is 0 Å². The highest BCUT2D eigenvalue weighted by atomic mass is 16.5. The van der Waals surface area contributed by atoms with E-state index in [0.717, 1.165) is 72.9 Å². The Kier molecular flexibility index (Phi) is 9.85. The van der Waals surface area contributed by atoms with Crippen LogP contribution in [0.3, 0.4) is 0 Å². The van der Waals surface area contributed by atoms with E-state index in [1.165, 1.54) is 5.57 Å². The van der Waals surface area contributed by atoms with Gasteiger partial charge in [0.15, 0.2) is 28.9 Å². The lowest BCUT2D eigenvalue weighted by molar-refractivity contribution is -0.00542. The standard InChI is InChI=1S/C36H47N3O6/c1-36(2,3)45-35(25-12-13-25)38-18-15-27(16-19-38)39(29-10-9-11-30(40-4)33(29)43-7)23-24-14-17-37-28(20-24)26-21-31(41-5)34(44-8)32(22-26)42-6/h9-11,14,17,20-22,27H,12-13,15-16,18-19,23H2,1-8H3. The van der Waals surface area contributed by atoms with E-state index in [1.807, 2.05) is 30.5 Å². The molecule has 3 aromatic rings. The molecule has 1 aromatic heterocycles. The van der Waals surface area contributed by atoms with Crippen LogP contribution >= 0.6 is 0 Å². The number of nitrogens with zero attached hydrogens (tertiary/aromatic N) is 3. The third kappa shape index (κ3) is 7.35. The molecule has 0 atom stereocenters. The monoisotopic (exact) mass is 617 g/mol. The molecule has 2 heterocycles. The van der Waals surface area contributed by atoms with E-state index in [2.05, 4.69) is 48.8 Å². The van der Waals surface area contributed by atoms with Gasteiger partial charge in [-0.05, 0) is 94.0 Å². The van der Waals surface area contributed by atoms with Crippen LogP contribution in [0, 0.1) is 0 Å². The summed E-state index contributed by atoms with van der Waals surface area (Å²) in [6.07, 6.45) is 6.09. The predicted molar refractivity (Wildman–Crippen MR) is 177 cm³/mol. The van der Waals surface area contributed by atoms with Crippen LogP contribution in [0.1, 0.15) is 52.0 Å². The third-order valence-electron chi connectivity index (χ3n) is 8.23. The summed E-state index contributed by atoms with van der Waals surface area (Å²) >= 11 is 0. The second-order valence-electron chi connectivity index (χ2n) is 12.4. The van der Waals surface area contributed by atoms with Gasteiger partial charge in [0.2, 0.25) is 5.75 Å². The Balaban J connectivity index is 1.46. The van der Waals surface area contributed by atoms with Crippen molar-refractivity contribution in [2.45, 2.75) is 64.6 Å². The highest BCUT2D eigenvalue weighted by Crippen LogP contribution is 2.43. The minimum absolute atomic E-state index is 0.223. The van der Waals surface area contributed by atoms with E-state index in [9.17, 15) is 0 Å². The zero-order valence-corrected chi connectivity index (χ0v) is 27.9. The number of likely N-dealkylation sites (tertiary alicyclic amines) is 1. The first-order valence-corrected chi connectivity index (χ1v) is 15.6. The summed E-state index contributed by atoms with van der Waals surface area (Å²) in [4.78, 5) is 9.61. The SMILES string of the molecule is COc1cc(-c2cc(CN(c3cccc(OC)c3OC)C3CCN(C(OC(C)(C)C)=C4CC4)CC3)ccn2)cc(OC)c1OC. The number of hydrogen-bond donors (Lipinski definition) is 0.